The number of nitrogens with one attached hydrogen (secondary N) is 2. The van der Waals surface area contributed by atoms with Crippen LogP contribution in [0.25, 0.3) is 6.08 Å². The fourth-order valence-electron chi connectivity index (χ4n) is 3.36. The van der Waals surface area contributed by atoms with Gasteiger partial charge < -0.3 is 10.2 Å². The number of amides is 2. The molecule has 3 aromatic rings. The molecule has 35 heavy (non-hydrogen) atoms. The van der Waals surface area contributed by atoms with E-state index in [0.29, 0.717) is 5.56 Å². The predicted molar refractivity (Wildman–Crippen MR) is 143 cm³/mol. The number of rotatable bonds is 10. The molecule has 178 valence electrons. The first-order valence-corrected chi connectivity index (χ1v) is 11.6. The van der Waals surface area contributed by atoms with E-state index < -0.39 is 5.91 Å². The van der Waals surface area contributed by atoms with Gasteiger partial charge in [-0.2, -0.15) is 5.10 Å². The van der Waals surface area contributed by atoms with Crippen LogP contribution in [0.1, 0.15) is 35.3 Å². The number of hydrogen-bond donors (Lipinski definition) is 2. The molecule has 0 aliphatic carbocycles. The third-order valence-electron chi connectivity index (χ3n) is 5.28. The summed E-state index contributed by atoms with van der Waals surface area (Å²) < 4.78 is 0. The molecule has 3 aromatic carbocycles. The molecule has 0 fully saturated rings. The summed E-state index contributed by atoms with van der Waals surface area (Å²) in [6, 6.07) is 26.3. The molecule has 0 saturated carbocycles. The first kappa shape index (κ1) is 25.2. The summed E-state index contributed by atoms with van der Waals surface area (Å²) in [5.74, 6) is -0.904. The van der Waals surface area contributed by atoms with Gasteiger partial charge in [0, 0.05) is 24.3 Å². The summed E-state index contributed by atoms with van der Waals surface area (Å²) in [6.07, 6.45) is 6.69. The van der Waals surface area contributed by atoms with Crippen molar-refractivity contribution in [1.29, 1.82) is 0 Å². The van der Waals surface area contributed by atoms with E-state index in [1.54, 1.807) is 42.6 Å². The highest BCUT2D eigenvalue weighted by atomic mass is 16.2. The highest BCUT2D eigenvalue weighted by Crippen LogP contribution is 2.14. The highest BCUT2D eigenvalue weighted by Gasteiger charge is 2.13. The van der Waals surface area contributed by atoms with Crippen molar-refractivity contribution in [3.8, 4) is 0 Å². The molecule has 0 unspecified atom stereocenters. The molecular weight excluding hydrogens is 436 g/mol. The summed E-state index contributed by atoms with van der Waals surface area (Å²) in [4.78, 5) is 27.7. The van der Waals surface area contributed by atoms with Crippen molar-refractivity contribution in [3.05, 3.63) is 119 Å². The smallest absolute Gasteiger partial charge is 0.287 e. The van der Waals surface area contributed by atoms with Crippen molar-refractivity contribution < 1.29 is 9.59 Å². The Morgan fingerprint density at radius 2 is 1.46 bits per heavy atom. The molecular formula is C29H30N4O2. The Morgan fingerprint density at radius 3 is 2.09 bits per heavy atom. The standard InChI is InChI=1S/C29H30N4O2/c1-3-33(4-2)26-20-18-24(19-21-26)22-30-32-29(35)27(17-11-14-23-12-7-5-8-13-23)31-28(34)25-15-9-6-10-16-25/h5-22H,3-4H2,1-2H3,(H,31,34)(H,32,35)/b14-11+,27-17-,30-22-. The van der Waals surface area contributed by atoms with E-state index in [-0.39, 0.29) is 11.6 Å². The summed E-state index contributed by atoms with van der Waals surface area (Å²) in [6.45, 7) is 6.10. The van der Waals surface area contributed by atoms with Crippen LogP contribution in [0.15, 0.2) is 108 Å². The number of carbonyl (C=O) groups is 2. The number of carbonyl (C=O) groups excluding carboxylic acids is 2. The Kier molecular flexibility index (Phi) is 9.57. The van der Waals surface area contributed by atoms with E-state index in [9.17, 15) is 9.59 Å². The summed E-state index contributed by atoms with van der Waals surface area (Å²) in [5.41, 5.74) is 6.00. The summed E-state index contributed by atoms with van der Waals surface area (Å²) in [5, 5.41) is 6.75. The molecule has 6 nitrogen and oxygen atoms in total. The third-order valence-corrected chi connectivity index (χ3v) is 5.28. The fraction of sp³-hybridized carbons (Fsp3) is 0.138. The van der Waals surface area contributed by atoms with Gasteiger partial charge in [-0.3, -0.25) is 9.59 Å². The number of nitrogens with zero attached hydrogens (tertiary/aromatic N) is 2. The predicted octanol–water partition coefficient (Wildman–Crippen LogP) is 5.01. The Bertz CT molecular complexity index is 1180. The van der Waals surface area contributed by atoms with Crippen LogP contribution >= 0.6 is 0 Å². The lowest BCUT2D eigenvalue weighted by atomic mass is 10.2. The Morgan fingerprint density at radius 1 is 0.829 bits per heavy atom. The SMILES string of the molecule is CCN(CC)c1ccc(/C=N\NC(=O)/C(=C/C=C/c2ccccc2)NC(=O)c2ccccc2)cc1. The maximum Gasteiger partial charge on any atom is 0.287 e. The van der Waals surface area contributed by atoms with Crippen LogP contribution in [0, 0.1) is 0 Å². The number of allylic oxidation sites excluding steroid dienone is 2. The average Bonchev–Trinajstić information content (AvgIpc) is 2.90. The number of anilines is 1. The van der Waals surface area contributed by atoms with Crippen LogP contribution in [-0.4, -0.2) is 31.1 Å². The second kappa shape index (κ2) is 13.3. The molecule has 6 heteroatoms. The van der Waals surface area contributed by atoms with E-state index in [1.807, 2.05) is 66.7 Å². The second-order valence-electron chi connectivity index (χ2n) is 7.63. The maximum absolute atomic E-state index is 12.8. The topological polar surface area (TPSA) is 73.8 Å². The molecule has 0 atom stereocenters. The average molecular weight is 467 g/mol. The molecule has 0 aliphatic rings. The molecule has 2 N–H and O–H groups in total. The van der Waals surface area contributed by atoms with Crippen LogP contribution < -0.4 is 15.6 Å². The van der Waals surface area contributed by atoms with Gasteiger partial charge in [0.1, 0.15) is 5.70 Å². The molecule has 0 bridgehead atoms. The highest BCUT2D eigenvalue weighted by molar-refractivity contribution is 6.03. The number of hydrogen-bond acceptors (Lipinski definition) is 4. The zero-order valence-corrected chi connectivity index (χ0v) is 20.0. The molecule has 0 aromatic heterocycles. The minimum Gasteiger partial charge on any atom is -0.372 e. The van der Waals surface area contributed by atoms with Gasteiger partial charge in [-0.1, -0.05) is 72.8 Å². The first-order chi connectivity index (χ1) is 17.1. The monoisotopic (exact) mass is 466 g/mol. The Hall–Kier alpha value is -4.45. The first-order valence-electron chi connectivity index (χ1n) is 11.6. The summed E-state index contributed by atoms with van der Waals surface area (Å²) >= 11 is 0. The van der Waals surface area contributed by atoms with Crippen LogP contribution in [0.4, 0.5) is 5.69 Å². The molecule has 0 aliphatic heterocycles. The lowest BCUT2D eigenvalue weighted by Crippen LogP contribution is -2.32. The van der Waals surface area contributed by atoms with Crippen molar-refractivity contribution in [3.63, 3.8) is 0 Å². The van der Waals surface area contributed by atoms with E-state index in [1.165, 1.54) is 0 Å². The van der Waals surface area contributed by atoms with Crippen molar-refractivity contribution in [2.75, 3.05) is 18.0 Å². The fourth-order valence-corrected chi connectivity index (χ4v) is 3.36. The van der Waals surface area contributed by atoms with Crippen molar-refractivity contribution in [1.82, 2.24) is 10.7 Å². The van der Waals surface area contributed by atoms with Gasteiger partial charge in [0.15, 0.2) is 0 Å². The second-order valence-corrected chi connectivity index (χ2v) is 7.63. The molecule has 2 amide bonds. The van der Waals surface area contributed by atoms with Gasteiger partial charge in [0.25, 0.3) is 11.8 Å². The van der Waals surface area contributed by atoms with Gasteiger partial charge in [0.05, 0.1) is 6.21 Å². The maximum atomic E-state index is 12.8. The van der Waals surface area contributed by atoms with Gasteiger partial charge in [0.2, 0.25) is 0 Å². The zero-order chi connectivity index (χ0) is 24.9. The van der Waals surface area contributed by atoms with E-state index in [4.69, 9.17) is 0 Å². The van der Waals surface area contributed by atoms with E-state index in [2.05, 4.69) is 34.6 Å². The van der Waals surface area contributed by atoms with Crippen LogP contribution in [0.5, 0.6) is 0 Å². The van der Waals surface area contributed by atoms with E-state index >= 15 is 0 Å². The number of hydrazone groups is 1. The normalized spacial score (nSPS) is 11.5. The Balaban J connectivity index is 1.71. The molecule has 3 rings (SSSR count). The van der Waals surface area contributed by atoms with Crippen molar-refractivity contribution in [2.45, 2.75) is 13.8 Å². The lowest BCUT2D eigenvalue weighted by Gasteiger charge is -2.20. The van der Waals surface area contributed by atoms with Crippen molar-refractivity contribution in [2.24, 2.45) is 5.10 Å². The van der Waals surface area contributed by atoms with Crippen LogP contribution in [0.3, 0.4) is 0 Å². The minimum absolute atomic E-state index is 0.0834. The van der Waals surface area contributed by atoms with Gasteiger partial charge >= 0.3 is 0 Å². The van der Waals surface area contributed by atoms with Crippen LogP contribution in [-0.2, 0) is 4.79 Å². The molecule has 0 heterocycles. The van der Waals surface area contributed by atoms with Gasteiger partial charge in [-0.25, -0.2) is 5.43 Å². The largest absolute Gasteiger partial charge is 0.372 e. The van der Waals surface area contributed by atoms with Crippen LogP contribution in [0.2, 0.25) is 0 Å². The van der Waals surface area contributed by atoms with Crippen molar-refractivity contribution >= 4 is 29.8 Å². The van der Waals surface area contributed by atoms with E-state index in [0.717, 1.165) is 29.9 Å². The lowest BCUT2D eigenvalue weighted by molar-refractivity contribution is -0.117. The molecule has 0 saturated heterocycles. The molecule has 0 spiro atoms. The third kappa shape index (κ3) is 7.82. The Labute approximate surface area is 206 Å². The van der Waals surface area contributed by atoms with Gasteiger partial charge in [-0.15, -0.1) is 0 Å². The zero-order valence-electron chi connectivity index (χ0n) is 20.0. The number of benzene rings is 3. The van der Waals surface area contributed by atoms with Gasteiger partial charge in [-0.05, 0) is 55.3 Å². The quantitative estimate of drug-likeness (QED) is 0.191. The molecule has 0 radical (unpaired) electrons. The summed E-state index contributed by atoms with van der Waals surface area (Å²) in [7, 11) is 0. The minimum atomic E-state index is -0.525.